The molecule has 0 saturated carbocycles. The van der Waals surface area contributed by atoms with E-state index in [4.69, 9.17) is 17.3 Å². The van der Waals surface area contributed by atoms with Gasteiger partial charge in [-0.3, -0.25) is 4.98 Å². The fraction of sp³-hybridized carbons (Fsp3) is 0.0909. The number of hydrogen-bond acceptors (Lipinski definition) is 3. The van der Waals surface area contributed by atoms with Gasteiger partial charge in [-0.2, -0.15) is 0 Å². The minimum atomic E-state index is -0.362. The van der Waals surface area contributed by atoms with Crippen molar-refractivity contribution in [1.29, 1.82) is 0 Å². The molecule has 0 fully saturated rings. The van der Waals surface area contributed by atoms with Crippen LogP contribution in [0.2, 0.25) is 5.15 Å². The molecular weight excluding hydrogens is 289 g/mol. The molecule has 1 aromatic heterocycles. The molecule has 3 nitrogen and oxygen atoms in total. The van der Waals surface area contributed by atoms with Crippen LogP contribution in [0, 0.1) is 0 Å². The summed E-state index contributed by atoms with van der Waals surface area (Å²) in [4.78, 5) is 8.11. The van der Waals surface area contributed by atoms with Crippen molar-refractivity contribution in [1.82, 2.24) is 9.97 Å². The Morgan fingerprint density at radius 2 is 2.00 bits per heavy atom. The van der Waals surface area contributed by atoms with Crippen LogP contribution in [0.15, 0.2) is 41.1 Å². The maximum Gasteiger partial charge on any atom is 0.152 e. The fourth-order valence-corrected chi connectivity index (χ4v) is 2.04. The van der Waals surface area contributed by atoms with Crippen LogP contribution >= 0.6 is 27.5 Å². The molecule has 0 aliphatic carbocycles. The molecule has 1 atom stereocenters. The van der Waals surface area contributed by atoms with Crippen LogP contribution in [0.4, 0.5) is 0 Å². The van der Waals surface area contributed by atoms with E-state index in [-0.39, 0.29) is 6.04 Å². The number of benzene rings is 1. The molecule has 0 radical (unpaired) electrons. The summed E-state index contributed by atoms with van der Waals surface area (Å²) < 4.78 is 0.973. The van der Waals surface area contributed by atoms with Gasteiger partial charge in [-0.15, -0.1) is 0 Å². The first-order valence-corrected chi connectivity index (χ1v) is 5.83. The van der Waals surface area contributed by atoms with E-state index in [2.05, 4.69) is 25.9 Å². The molecule has 16 heavy (non-hydrogen) atoms. The standard InChI is InChI=1S/C11H9BrClN3/c12-8-3-1-2-7(6-8)9(14)10-11(13)16-5-4-15-10/h1-6,9H,14H2. The van der Waals surface area contributed by atoms with E-state index in [1.165, 1.54) is 0 Å². The van der Waals surface area contributed by atoms with E-state index < -0.39 is 0 Å². The molecule has 2 rings (SSSR count). The summed E-state index contributed by atoms with van der Waals surface area (Å²) in [5, 5.41) is 0.343. The molecule has 0 saturated heterocycles. The minimum Gasteiger partial charge on any atom is -0.319 e. The van der Waals surface area contributed by atoms with Crippen LogP contribution in [0.1, 0.15) is 17.3 Å². The summed E-state index contributed by atoms with van der Waals surface area (Å²) in [6, 6.07) is 7.37. The van der Waals surface area contributed by atoms with Gasteiger partial charge in [0.15, 0.2) is 5.15 Å². The molecule has 0 spiro atoms. The molecule has 0 amide bonds. The number of nitrogens with two attached hydrogens (primary N) is 1. The highest BCUT2D eigenvalue weighted by Gasteiger charge is 2.14. The van der Waals surface area contributed by atoms with Crippen LogP contribution in [-0.2, 0) is 0 Å². The summed E-state index contributed by atoms with van der Waals surface area (Å²) in [7, 11) is 0. The number of aromatic nitrogens is 2. The van der Waals surface area contributed by atoms with E-state index in [1.807, 2.05) is 24.3 Å². The van der Waals surface area contributed by atoms with Crippen LogP contribution in [0.25, 0.3) is 0 Å². The third-order valence-corrected chi connectivity index (χ3v) is 2.97. The first-order chi connectivity index (χ1) is 7.68. The molecule has 5 heteroatoms. The van der Waals surface area contributed by atoms with Crippen molar-refractivity contribution >= 4 is 27.5 Å². The van der Waals surface area contributed by atoms with Gasteiger partial charge in [0.1, 0.15) is 0 Å². The molecule has 2 aromatic rings. The number of nitrogens with zero attached hydrogens (tertiary/aromatic N) is 2. The topological polar surface area (TPSA) is 51.8 Å². The Labute approximate surface area is 107 Å². The van der Waals surface area contributed by atoms with Crippen LogP contribution in [0.5, 0.6) is 0 Å². The van der Waals surface area contributed by atoms with Crippen molar-refractivity contribution in [3.63, 3.8) is 0 Å². The Hall–Kier alpha value is -0.970. The third kappa shape index (κ3) is 2.40. The summed E-state index contributed by atoms with van der Waals surface area (Å²) in [6.07, 6.45) is 3.12. The molecule has 0 bridgehead atoms. The van der Waals surface area contributed by atoms with Gasteiger partial charge in [0.05, 0.1) is 11.7 Å². The van der Waals surface area contributed by atoms with Crippen molar-refractivity contribution < 1.29 is 0 Å². The van der Waals surface area contributed by atoms with Gasteiger partial charge in [-0.25, -0.2) is 4.98 Å². The second-order valence-corrected chi connectivity index (χ2v) is 4.54. The van der Waals surface area contributed by atoms with Crippen molar-refractivity contribution in [3.8, 4) is 0 Å². The number of hydrogen-bond donors (Lipinski definition) is 1. The first-order valence-electron chi connectivity index (χ1n) is 4.66. The van der Waals surface area contributed by atoms with Gasteiger partial charge in [0.2, 0.25) is 0 Å². The van der Waals surface area contributed by atoms with E-state index in [0.717, 1.165) is 10.0 Å². The lowest BCUT2D eigenvalue weighted by atomic mass is 10.1. The normalized spacial score (nSPS) is 12.4. The summed E-state index contributed by atoms with van der Waals surface area (Å²) in [5.74, 6) is 0. The van der Waals surface area contributed by atoms with Gasteiger partial charge in [0.25, 0.3) is 0 Å². The zero-order chi connectivity index (χ0) is 11.5. The Morgan fingerprint density at radius 1 is 1.25 bits per heavy atom. The van der Waals surface area contributed by atoms with Gasteiger partial charge in [0, 0.05) is 16.9 Å². The van der Waals surface area contributed by atoms with E-state index in [1.54, 1.807) is 12.4 Å². The Morgan fingerprint density at radius 3 is 2.69 bits per heavy atom. The maximum absolute atomic E-state index is 6.08. The average Bonchev–Trinajstić information content (AvgIpc) is 2.29. The molecule has 1 aromatic carbocycles. The highest BCUT2D eigenvalue weighted by Crippen LogP contribution is 2.24. The van der Waals surface area contributed by atoms with Crippen LogP contribution in [0.3, 0.4) is 0 Å². The Bertz CT molecular complexity index is 504. The lowest BCUT2D eigenvalue weighted by Crippen LogP contribution is -2.14. The van der Waals surface area contributed by atoms with Crippen LogP contribution < -0.4 is 5.73 Å². The van der Waals surface area contributed by atoms with Crippen molar-refractivity contribution in [3.05, 3.63) is 57.5 Å². The fourth-order valence-electron chi connectivity index (χ4n) is 1.40. The SMILES string of the molecule is NC(c1cccc(Br)c1)c1nccnc1Cl. The molecule has 1 heterocycles. The van der Waals surface area contributed by atoms with Crippen LogP contribution in [-0.4, -0.2) is 9.97 Å². The number of rotatable bonds is 2. The largest absolute Gasteiger partial charge is 0.319 e. The Balaban J connectivity index is 2.39. The van der Waals surface area contributed by atoms with Gasteiger partial charge < -0.3 is 5.73 Å². The van der Waals surface area contributed by atoms with E-state index in [9.17, 15) is 0 Å². The first kappa shape index (κ1) is 11.5. The van der Waals surface area contributed by atoms with E-state index >= 15 is 0 Å². The lowest BCUT2D eigenvalue weighted by molar-refractivity contribution is 0.817. The molecule has 2 N–H and O–H groups in total. The highest BCUT2D eigenvalue weighted by molar-refractivity contribution is 9.10. The summed E-state index contributed by atoms with van der Waals surface area (Å²) >= 11 is 9.34. The van der Waals surface area contributed by atoms with Crippen molar-refractivity contribution in [2.75, 3.05) is 0 Å². The minimum absolute atomic E-state index is 0.343. The number of halogens is 2. The monoisotopic (exact) mass is 297 g/mol. The predicted octanol–water partition coefficient (Wildman–Crippen LogP) is 2.94. The van der Waals surface area contributed by atoms with Gasteiger partial charge in [-0.05, 0) is 17.7 Å². The second kappa shape index (κ2) is 4.91. The highest BCUT2D eigenvalue weighted by atomic mass is 79.9. The summed E-state index contributed by atoms with van der Waals surface area (Å²) in [5.41, 5.74) is 7.61. The zero-order valence-electron chi connectivity index (χ0n) is 8.27. The average molecular weight is 299 g/mol. The molecule has 0 aliphatic heterocycles. The molecule has 0 aliphatic rings. The molecule has 1 unspecified atom stereocenters. The molecular formula is C11H9BrClN3. The molecule has 82 valence electrons. The smallest absolute Gasteiger partial charge is 0.152 e. The third-order valence-electron chi connectivity index (χ3n) is 2.18. The van der Waals surface area contributed by atoms with Crippen molar-refractivity contribution in [2.24, 2.45) is 5.73 Å². The lowest BCUT2D eigenvalue weighted by Gasteiger charge is -2.12. The van der Waals surface area contributed by atoms with Gasteiger partial charge >= 0.3 is 0 Å². The maximum atomic E-state index is 6.08. The Kier molecular flexibility index (Phi) is 3.53. The predicted molar refractivity (Wildman–Crippen MR) is 67.2 cm³/mol. The van der Waals surface area contributed by atoms with Crippen molar-refractivity contribution in [2.45, 2.75) is 6.04 Å². The quantitative estimate of drug-likeness (QED) is 0.927. The van der Waals surface area contributed by atoms with Gasteiger partial charge in [-0.1, -0.05) is 39.7 Å². The zero-order valence-corrected chi connectivity index (χ0v) is 10.6. The van der Waals surface area contributed by atoms with E-state index in [0.29, 0.717) is 10.8 Å². The second-order valence-electron chi connectivity index (χ2n) is 3.27. The summed E-state index contributed by atoms with van der Waals surface area (Å²) in [6.45, 7) is 0.